The Morgan fingerprint density at radius 3 is 1.17 bits per heavy atom. The summed E-state index contributed by atoms with van der Waals surface area (Å²) in [5, 5.41) is 0. The minimum atomic E-state index is -0.611. The van der Waals surface area contributed by atoms with E-state index in [2.05, 4.69) is 36.7 Å². The molecular weight excluding hydrogens is 151 g/mol. The molecule has 0 N–H and O–H groups in total. The quantitative estimate of drug-likeness (QED) is 0.473. The third-order valence-electron chi connectivity index (χ3n) is 0. The molecule has 0 bridgehead atoms. The van der Waals surface area contributed by atoms with Gasteiger partial charge in [-0.15, -0.1) is 17.0 Å². The van der Waals surface area contributed by atoms with Crippen LogP contribution in [0.15, 0.2) is 0 Å². The van der Waals surface area contributed by atoms with Crippen LogP contribution < -0.4 is 0 Å². The van der Waals surface area contributed by atoms with E-state index in [4.69, 9.17) is 0 Å². The van der Waals surface area contributed by atoms with Crippen LogP contribution in [0.5, 0.6) is 0 Å². The Hall–Kier alpha value is 1.29. The Balaban J connectivity index is 0. The van der Waals surface area contributed by atoms with Crippen molar-refractivity contribution in [3.63, 3.8) is 0 Å². The normalized spacial score (nSPS) is 10.2. The summed E-state index contributed by atoms with van der Waals surface area (Å²) in [6, 6.07) is 0. The number of hydrogen-bond donors (Lipinski definition) is 0. The minimum absolute atomic E-state index is 0. The van der Waals surface area contributed by atoms with Crippen molar-refractivity contribution in [2.24, 2.45) is 0 Å². The van der Waals surface area contributed by atoms with Crippen molar-refractivity contribution in [2.45, 2.75) is 19.6 Å². The molecule has 6 heavy (non-hydrogen) atoms. The van der Waals surface area contributed by atoms with Crippen molar-refractivity contribution in [2.75, 3.05) is 0 Å². The van der Waals surface area contributed by atoms with Gasteiger partial charge >= 0.3 is 43.1 Å². The average Bonchev–Trinajstić information content (AvgIpc) is 0.722. The Morgan fingerprint density at radius 2 is 1.17 bits per heavy atom. The Kier molecular flexibility index (Phi) is 5.70. The van der Waals surface area contributed by atoms with Crippen LogP contribution in [0.3, 0.4) is 0 Å². The predicted octanol–water partition coefficient (Wildman–Crippen LogP) is 1.57. The van der Waals surface area contributed by atoms with Gasteiger partial charge in [-0.3, -0.25) is 0 Å². The zero-order valence-corrected chi connectivity index (χ0v) is 7.62. The summed E-state index contributed by atoms with van der Waals surface area (Å²) in [6.07, 6.45) is -0.611. The molecule has 0 fully saturated rings. The first-order valence-corrected chi connectivity index (χ1v) is 6.00. The fourth-order valence-corrected chi connectivity index (χ4v) is 0. The van der Waals surface area contributed by atoms with Gasteiger partial charge in [0.15, 0.2) is 0 Å². The van der Waals surface area contributed by atoms with E-state index in [1.807, 2.05) is 0 Å². The summed E-state index contributed by atoms with van der Waals surface area (Å²) in [6.45, 7) is 6.98. The maximum absolute atomic E-state index is 2.33. The predicted molar refractivity (Wildman–Crippen MR) is 39.4 cm³/mol. The van der Waals surface area contributed by atoms with Crippen LogP contribution in [0.1, 0.15) is 0 Å². The van der Waals surface area contributed by atoms with Gasteiger partial charge in [0, 0.05) is 0 Å². The van der Waals surface area contributed by atoms with E-state index in [9.17, 15) is 0 Å². The third kappa shape index (κ3) is 58.3. The van der Waals surface area contributed by atoms with Crippen molar-refractivity contribution in [3.8, 4) is 0 Å². The summed E-state index contributed by atoms with van der Waals surface area (Å²) < 4.78 is 0. The van der Waals surface area contributed by atoms with Crippen molar-refractivity contribution in [3.05, 3.63) is 0 Å². The molecule has 0 radical (unpaired) electrons. The maximum atomic E-state index is 2.33. The van der Waals surface area contributed by atoms with Crippen LogP contribution in [0.2, 0.25) is 19.6 Å². The second kappa shape index (κ2) is 3.32. The van der Waals surface area contributed by atoms with Crippen LogP contribution in [0, 0.1) is 0 Å². The summed E-state index contributed by atoms with van der Waals surface area (Å²) in [5.41, 5.74) is 0. The van der Waals surface area contributed by atoms with Gasteiger partial charge in [-0.05, 0) is 0 Å². The summed E-state index contributed by atoms with van der Waals surface area (Å²) in [4.78, 5) is 0. The van der Waals surface area contributed by atoms with Crippen LogP contribution >= 0.6 is 17.0 Å². The van der Waals surface area contributed by atoms with Gasteiger partial charge in [-0.1, -0.05) is 0 Å². The van der Waals surface area contributed by atoms with E-state index in [1.165, 1.54) is 0 Å². The molecule has 0 heterocycles. The van der Waals surface area contributed by atoms with E-state index in [0.717, 1.165) is 0 Å². The summed E-state index contributed by atoms with van der Waals surface area (Å²) in [5.74, 6) is 0. The molecule has 0 rings (SSSR count). The Morgan fingerprint density at radius 1 is 1.17 bits per heavy atom. The molecule has 0 aliphatic carbocycles. The standard InChI is InChI=1S/C3H9Si.BrH.Li/c1-4(2)3;;/h1-3H3;1H;. The Labute approximate surface area is 60.0 Å². The topological polar surface area (TPSA) is 0 Å². The first-order valence-electron chi connectivity index (χ1n) is 2.00. The van der Waals surface area contributed by atoms with Gasteiger partial charge in [0.1, 0.15) is 0 Å². The monoisotopic (exact) mass is 160 g/mol. The summed E-state index contributed by atoms with van der Waals surface area (Å²) in [7, 11) is 0. The molecule has 34 valence electrons. The fraction of sp³-hybridized carbons (Fsp3) is 1.00. The molecule has 0 aliphatic heterocycles. The van der Waals surface area contributed by atoms with Gasteiger partial charge < -0.3 is 0 Å². The van der Waals surface area contributed by atoms with Crippen molar-refractivity contribution in [1.29, 1.82) is 0 Å². The molecule has 0 aromatic carbocycles. The second-order valence-electron chi connectivity index (χ2n) is 3.00. The second-order valence-corrected chi connectivity index (χ2v) is 9.00. The first-order chi connectivity index (χ1) is 2.00. The molecule has 3 heteroatoms. The molecule has 0 saturated carbocycles. The van der Waals surface area contributed by atoms with Crippen molar-refractivity contribution in [1.82, 2.24) is 0 Å². The summed E-state index contributed by atoms with van der Waals surface area (Å²) >= 11 is 2.33. The van der Waals surface area contributed by atoms with Crippen molar-refractivity contribution < 1.29 is 0 Å². The zero-order valence-electron chi connectivity index (χ0n) is 4.91. The fourth-order valence-electron chi connectivity index (χ4n) is 0. The molecule has 0 unspecified atom stereocenters. The molecule has 0 amide bonds. The van der Waals surface area contributed by atoms with Gasteiger partial charge in [0.05, 0.1) is 0 Å². The van der Waals surface area contributed by atoms with E-state index < -0.39 is 6.40 Å². The van der Waals surface area contributed by atoms with Gasteiger partial charge in [-0.2, -0.15) is 0 Å². The molecule has 0 aromatic heterocycles. The average molecular weight is 161 g/mol. The van der Waals surface area contributed by atoms with Crippen LogP contribution in [-0.2, 0) is 0 Å². The van der Waals surface area contributed by atoms with E-state index in [0.29, 0.717) is 0 Å². The van der Waals surface area contributed by atoms with Crippen LogP contribution in [0.4, 0.5) is 0 Å². The van der Waals surface area contributed by atoms with E-state index >= 15 is 0 Å². The molecule has 0 saturated heterocycles. The zero-order chi connectivity index (χ0) is 4.50. The molecule has 0 nitrogen and oxygen atoms in total. The van der Waals surface area contributed by atoms with Gasteiger partial charge in [-0.25, -0.2) is 0 Å². The molecular formula is C3H10BrLiSi. The molecule has 0 spiro atoms. The van der Waals surface area contributed by atoms with Gasteiger partial charge in [0.2, 0.25) is 0 Å². The van der Waals surface area contributed by atoms with E-state index in [1.54, 1.807) is 0 Å². The number of rotatable bonds is 0. The van der Waals surface area contributed by atoms with Crippen molar-refractivity contribution >= 4 is 40.4 Å². The molecule has 0 atom stereocenters. The molecule has 0 aromatic rings. The SMILES string of the molecule is Br.[Li][Si](C)(C)C. The van der Waals surface area contributed by atoms with Gasteiger partial charge in [0.25, 0.3) is 0 Å². The molecule has 0 aliphatic rings. The Bertz CT molecular complexity index is 26.3. The number of hydrogen-bond acceptors (Lipinski definition) is 0. The first kappa shape index (κ1) is 10.3. The number of halogens is 1. The van der Waals surface area contributed by atoms with Crippen LogP contribution in [0.25, 0.3) is 0 Å². The van der Waals surface area contributed by atoms with Crippen LogP contribution in [-0.4, -0.2) is 23.4 Å². The third-order valence-corrected chi connectivity index (χ3v) is 0. The van der Waals surface area contributed by atoms with E-state index in [-0.39, 0.29) is 17.0 Å².